The molecule has 9 heteroatoms. The number of nitrogens with one attached hydrogen (secondary N) is 1. The molecule has 30 heavy (non-hydrogen) atoms. The zero-order valence-corrected chi connectivity index (χ0v) is 17.5. The fourth-order valence-corrected chi connectivity index (χ4v) is 3.63. The van der Waals surface area contributed by atoms with E-state index in [2.05, 4.69) is 25.1 Å². The summed E-state index contributed by atoms with van der Waals surface area (Å²) in [5.74, 6) is 1.61. The van der Waals surface area contributed by atoms with E-state index in [-0.39, 0.29) is 12.2 Å². The largest absolute Gasteiger partial charge is 0.488 e. The number of hydrogen-bond acceptors (Lipinski definition) is 8. The van der Waals surface area contributed by atoms with Gasteiger partial charge in [0.15, 0.2) is 0 Å². The Morgan fingerprint density at radius 1 is 1.23 bits per heavy atom. The number of benzene rings is 1. The molecule has 0 saturated carbocycles. The normalized spacial score (nSPS) is 18.0. The van der Waals surface area contributed by atoms with Gasteiger partial charge in [-0.2, -0.15) is 5.10 Å². The molecule has 1 fully saturated rings. The third-order valence-electron chi connectivity index (χ3n) is 4.98. The Labute approximate surface area is 175 Å². The standard InChI is InChI=1S/C21H27N5O4/c1-14(11-27-2)30-15-4-5-18-17(8-15)21(25-24-18)19-9-20(23-13-22-19)26-6-7-29-16(10-26)12-28-3/h4-5,8-9,13-14,16H,6-7,10-12H2,1-3H3,(H,24,25)/t14-,16?/m0/s1. The van der Waals surface area contributed by atoms with Gasteiger partial charge in [0.1, 0.15) is 29.7 Å². The number of fused-ring (bicyclic) bond motifs is 1. The van der Waals surface area contributed by atoms with Crippen molar-refractivity contribution in [3.05, 3.63) is 30.6 Å². The Hall–Kier alpha value is -2.75. The summed E-state index contributed by atoms with van der Waals surface area (Å²) in [5, 5.41) is 8.51. The lowest BCUT2D eigenvalue weighted by molar-refractivity contribution is -0.0102. The number of morpholine rings is 1. The van der Waals surface area contributed by atoms with Crippen molar-refractivity contribution in [3.63, 3.8) is 0 Å². The molecule has 3 aromatic rings. The van der Waals surface area contributed by atoms with Crippen molar-refractivity contribution < 1.29 is 18.9 Å². The summed E-state index contributed by atoms with van der Waals surface area (Å²) in [6.07, 6.45) is 1.56. The van der Waals surface area contributed by atoms with Gasteiger partial charge >= 0.3 is 0 Å². The number of hydrogen-bond donors (Lipinski definition) is 1. The lowest BCUT2D eigenvalue weighted by atomic mass is 10.1. The molecule has 1 aromatic carbocycles. The molecule has 160 valence electrons. The highest BCUT2D eigenvalue weighted by Gasteiger charge is 2.22. The highest BCUT2D eigenvalue weighted by molar-refractivity contribution is 5.93. The van der Waals surface area contributed by atoms with E-state index in [4.69, 9.17) is 18.9 Å². The lowest BCUT2D eigenvalue weighted by Gasteiger charge is -2.33. The summed E-state index contributed by atoms with van der Waals surface area (Å²) in [6, 6.07) is 7.82. The van der Waals surface area contributed by atoms with Crippen LogP contribution < -0.4 is 9.64 Å². The number of ether oxygens (including phenoxy) is 4. The highest BCUT2D eigenvalue weighted by Crippen LogP contribution is 2.30. The second-order valence-electron chi connectivity index (χ2n) is 7.32. The summed E-state index contributed by atoms with van der Waals surface area (Å²) >= 11 is 0. The SMILES string of the molecule is COCC1CN(c2cc(-c3n[nH]c4ccc(O[C@@H](C)COC)cc34)ncn2)CCO1. The molecule has 2 atom stereocenters. The van der Waals surface area contributed by atoms with E-state index in [1.165, 1.54) is 0 Å². The maximum Gasteiger partial charge on any atom is 0.132 e. The third kappa shape index (κ3) is 4.53. The van der Waals surface area contributed by atoms with Crippen LogP contribution in [-0.4, -0.2) is 79.5 Å². The monoisotopic (exact) mass is 413 g/mol. The molecular weight excluding hydrogens is 386 g/mol. The number of aromatic nitrogens is 4. The molecule has 1 saturated heterocycles. The van der Waals surface area contributed by atoms with E-state index < -0.39 is 0 Å². The van der Waals surface area contributed by atoms with Crippen molar-refractivity contribution in [1.82, 2.24) is 20.2 Å². The molecule has 0 spiro atoms. The Kier molecular flexibility index (Phi) is 6.41. The predicted octanol–water partition coefficient (Wildman–Crippen LogP) is 2.29. The summed E-state index contributed by atoms with van der Waals surface area (Å²) in [7, 11) is 3.34. The van der Waals surface area contributed by atoms with Gasteiger partial charge in [0.25, 0.3) is 0 Å². The number of anilines is 1. The molecule has 1 aliphatic heterocycles. The van der Waals surface area contributed by atoms with Gasteiger partial charge in [0.2, 0.25) is 0 Å². The Morgan fingerprint density at radius 2 is 2.13 bits per heavy atom. The predicted molar refractivity (Wildman–Crippen MR) is 113 cm³/mol. The van der Waals surface area contributed by atoms with E-state index in [0.717, 1.165) is 46.9 Å². The molecule has 3 heterocycles. The second kappa shape index (κ2) is 9.38. The van der Waals surface area contributed by atoms with Crippen LogP contribution in [-0.2, 0) is 14.2 Å². The van der Waals surface area contributed by atoms with Crippen LogP contribution in [0.4, 0.5) is 5.82 Å². The zero-order valence-electron chi connectivity index (χ0n) is 17.5. The maximum atomic E-state index is 5.94. The van der Waals surface area contributed by atoms with Crippen molar-refractivity contribution in [2.24, 2.45) is 0 Å². The first-order valence-corrected chi connectivity index (χ1v) is 9.99. The molecule has 0 amide bonds. The van der Waals surface area contributed by atoms with E-state index in [1.54, 1.807) is 20.5 Å². The van der Waals surface area contributed by atoms with Crippen molar-refractivity contribution in [1.29, 1.82) is 0 Å². The summed E-state index contributed by atoms with van der Waals surface area (Å²) in [4.78, 5) is 11.1. The minimum absolute atomic E-state index is 0.0298. The lowest BCUT2D eigenvalue weighted by Crippen LogP contribution is -2.44. The Bertz CT molecular complexity index is 977. The van der Waals surface area contributed by atoms with Crippen molar-refractivity contribution in [2.45, 2.75) is 19.1 Å². The van der Waals surface area contributed by atoms with Crippen LogP contribution in [0.1, 0.15) is 6.92 Å². The molecule has 0 radical (unpaired) electrons. The second-order valence-corrected chi connectivity index (χ2v) is 7.32. The first-order valence-electron chi connectivity index (χ1n) is 9.99. The van der Waals surface area contributed by atoms with Crippen LogP contribution in [0.25, 0.3) is 22.3 Å². The van der Waals surface area contributed by atoms with E-state index >= 15 is 0 Å². The van der Waals surface area contributed by atoms with Crippen LogP contribution in [0, 0.1) is 0 Å². The van der Waals surface area contributed by atoms with Gasteiger partial charge < -0.3 is 23.8 Å². The Balaban J connectivity index is 1.60. The minimum atomic E-state index is -0.0465. The topological polar surface area (TPSA) is 94.6 Å². The number of nitrogens with zero attached hydrogens (tertiary/aromatic N) is 4. The summed E-state index contributed by atoms with van der Waals surface area (Å²) in [6.45, 7) is 5.19. The average molecular weight is 413 g/mol. The van der Waals surface area contributed by atoms with Crippen LogP contribution in [0.5, 0.6) is 5.75 Å². The summed E-state index contributed by atoms with van der Waals surface area (Å²) < 4.78 is 22.1. The van der Waals surface area contributed by atoms with Gasteiger partial charge in [-0.05, 0) is 25.1 Å². The van der Waals surface area contributed by atoms with E-state index in [9.17, 15) is 0 Å². The van der Waals surface area contributed by atoms with Crippen molar-refractivity contribution in [3.8, 4) is 17.1 Å². The third-order valence-corrected chi connectivity index (χ3v) is 4.98. The fourth-order valence-electron chi connectivity index (χ4n) is 3.63. The van der Waals surface area contributed by atoms with Crippen LogP contribution >= 0.6 is 0 Å². The van der Waals surface area contributed by atoms with Gasteiger partial charge in [-0.1, -0.05) is 0 Å². The van der Waals surface area contributed by atoms with Crippen molar-refractivity contribution in [2.75, 3.05) is 52.0 Å². The van der Waals surface area contributed by atoms with Crippen LogP contribution in [0.2, 0.25) is 0 Å². The van der Waals surface area contributed by atoms with Crippen molar-refractivity contribution >= 4 is 16.7 Å². The van der Waals surface area contributed by atoms with Gasteiger partial charge in [-0.15, -0.1) is 0 Å². The van der Waals surface area contributed by atoms with Crippen LogP contribution in [0.15, 0.2) is 30.6 Å². The minimum Gasteiger partial charge on any atom is -0.488 e. The van der Waals surface area contributed by atoms with Gasteiger partial charge in [0, 0.05) is 38.8 Å². The van der Waals surface area contributed by atoms with Crippen LogP contribution in [0.3, 0.4) is 0 Å². The molecule has 1 unspecified atom stereocenters. The van der Waals surface area contributed by atoms with E-state index in [1.807, 2.05) is 31.2 Å². The first-order chi connectivity index (χ1) is 14.7. The number of aromatic amines is 1. The summed E-state index contributed by atoms with van der Waals surface area (Å²) in [5.41, 5.74) is 2.44. The zero-order chi connectivity index (χ0) is 20.9. The number of methoxy groups -OCH3 is 2. The fraction of sp³-hybridized carbons (Fsp3) is 0.476. The average Bonchev–Trinajstić information content (AvgIpc) is 3.18. The molecule has 0 aliphatic carbocycles. The van der Waals surface area contributed by atoms with Gasteiger partial charge in [0.05, 0.1) is 37.1 Å². The molecule has 1 N–H and O–H groups in total. The van der Waals surface area contributed by atoms with Gasteiger partial charge in [-0.25, -0.2) is 9.97 Å². The molecule has 1 aliphatic rings. The smallest absolute Gasteiger partial charge is 0.132 e. The molecule has 2 aromatic heterocycles. The molecule has 0 bridgehead atoms. The highest BCUT2D eigenvalue weighted by atomic mass is 16.5. The number of rotatable bonds is 8. The number of H-pyrrole nitrogens is 1. The Morgan fingerprint density at radius 3 is 2.97 bits per heavy atom. The molecule has 4 rings (SSSR count). The molecular formula is C21H27N5O4. The maximum absolute atomic E-state index is 5.94. The van der Waals surface area contributed by atoms with Gasteiger partial charge in [-0.3, -0.25) is 5.10 Å². The van der Waals surface area contributed by atoms with E-state index in [0.29, 0.717) is 19.8 Å². The quantitative estimate of drug-likeness (QED) is 0.601. The molecule has 9 nitrogen and oxygen atoms in total. The first kappa shape index (κ1) is 20.5.